The van der Waals surface area contributed by atoms with E-state index in [0.717, 1.165) is 5.39 Å². The van der Waals surface area contributed by atoms with E-state index in [1.807, 2.05) is 18.2 Å². The van der Waals surface area contributed by atoms with Gasteiger partial charge in [-0.3, -0.25) is 14.9 Å². The number of nitrogens with one attached hydrogen (secondary N) is 1. The number of phenolic OH excluding ortho intramolecular Hbond substituents is 1. The molecule has 168 valence electrons. The number of nitrogens with zero attached hydrogens (tertiary/aromatic N) is 2. The van der Waals surface area contributed by atoms with Crippen molar-refractivity contribution >= 4 is 34.6 Å². The molecule has 34 heavy (non-hydrogen) atoms. The van der Waals surface area contributed by atoms with E-state index in [0.29, 0.717) is 10.9 Å². The van der Waals surface area contributed by atoms with E-state index in [9.17, 15) is 24.8 Å². The summed E-state index contributed by atoms with van der Waals surface area (Å²) in [6.45, 7) is 0. The molecular weight excluding hydrogens is 438 g/mol. The molecule has 1 amide bonds. The van der Waals surface area contributed by atoms with Crippen molar-refractivity contribution in [1.82, 2.24) is 5.43 Å². The second-order valence-corrected chi connectivity index (χ2v) is 7.15. The highest BCUT2D eigenvalue weighted by Crippen LogP contribution is 2.29. The molecule has 4 aromatic rings. The molecule has 0 saturated carbocycles. The summed E-state index contributed by atoms with van der Waals surface area (Å²) in [4.78, 5) is 35.7. The molecule has 9 nitrogen and oxygen atoms in total. The maximum atomic E-state index is 12.8. The smallest absolute Gasteiger partial charge is 0.344 e. The molecule has 0 aliphatic rings. The first-order valence-electron chi connectivity index (χ1n) is 10.0. The molecule has 0 aliphatic heterocycles. The number of fused-ring (bicyclic) bond motifs is 1. The Bertz CT molecular complexity index is 1440. The summed E-state index contributed by atoms with van der Waals surface area (Å²) in [6.07, 6.45) is 1.21. The zero-order chi connectivity index (χ0) is 24.1. The number of aromatic hydroxyl groups is 1. The highest BCUT2D eigenvalue weighted by molar-refractivity contribution is 6.05. The van der Waals surface area contributed by atoms with E-state index < -0.39 is 22.5 Å². The fourth-order valence-corrected chi connectivity index (χ4v) is 3.28. The lowest BCUT2D eigenvalue weighted by Crippen LogP contribution is -2.17. The van der Waals surface area contributed by atoms with Crippen LogP contribution in [-0.4, -0.2) is 28.1 Å². The number of benzene rings is 4. The van der Waals surface area contributed by atoms with Crippen molar-refractivity contribution in [2.75, 3.05) is 0 Å². The van der Waals surface area contributed by atoms with Crippen LogP contribution in [0.25, 0.3) is 10.8 Å². The number of carbonyl (C=O) groups excluding carboxylic acids is 2. The molecule has 0 bridgehead atoms. The van der Waals surface area contributed by atoms with E-state index in [2.05, 4.69) is 10.5 Å². The molecule has 2 N–H and O–H groups in total. The van der Waals surface area contributed by atoms with Crippen LogP contribution in [0.15, 0.2) is 90.0 Å². The van der Waals surface area contributed by atoms with Crippen LogP contribution in [-0.2, 0) is 0 Å². The predicted octanol–water partition coefficient (Wildman–Crippen LogP) is 4.44. The minimum atomic E-state index is -0.723. The first-order valence-corrected chi connectivity index (χ1v) is 10.0. The Morgan fingerprint density at radius 3 is 2.53 bits per heavy atom. The molecule has 0 unspecified atom stereocenters. The van der Waals surface area contributed by atoms with Crippen LogP contribution in [0.2, 0.25) is 0 Å². The largest absolute Gasteiger partial charge is 0.508 e. The highest BCUT2D eigenvalue weighted by Gasteiger charge is 2.20. The van der Waals surface area contributed by atoms with Crippen molar-refractivity contribution in [3.8, 4) is 11.5 Å². The molecule has 0 atom stereocenters. The number of amides is 1. The molecule has 0 radical (unpaired) electrons. The topological polar surface area (TPSA) is 131 Å². The SMILES string of the molecule is O=C(N/N=C/c1ccc(OC(=O)c2cccc3ccccc23)c([N+](=O)[O-])c1)c1cccc(O)c1. The van der Waals surface area contributed by atoms with E-state index in [-0.39, 0.29) is 22.6 Å². The van der Waals surface area contributed by atoms with Gasteiger partial charge in [-0.25, -0.2) is 10.2 Å². The van der Waals surface area contributed by atoms with Gasteiger partial charge in [0.05, 0.1) is 16.7 Å². The van der Waals surface area contributed by atoms with Crippen molar-refractivity contribution in [2.24, 2.45) is 5.10 Å². The third-order valence-electron chi connectivity index (χ3n) is 4.88. The van der Waals surface area contributed by atoms with E-state index in [1.165, 1.54) is 48.7 Å². The van der Waals surface area contributed by atoms with E-state index >= 15 is 0 Å². The van der Waals surface area contributed by atoms with Crippen molar-refractivity contribution in [3.05, 3.63) is 112 Å². The minimum Gasteiger partial charge on any atom is -0.508 e. The summed E-state index contributed by atoms with van der Waals surface area (Å²) in [7, 11) is 0. The number of ether oxygens (including phenoxy) is 1. The summed E-state index contributed by atoms with van der Waals surface area (Å²) in [5.74, 6) is -1.58. The number of nitro benzene ring substituents is 1. The Labute approximate surface area is 193 Å². The third kappa shape index (κ3) is 4.89. The first kappa shape index (κ1) is 22.2. The number of carbonyl (C=O) groups is 2. The monoisotopic (exact) mass is 455 g/mol. The number of nitro groups is 1. The second kappa shape index (κ2) is 9.61. The van der Waals surface area contributed by atoms with Crippen molar-refractivity contribution < 1.29 is 24.4 Å². The zero-order valence-electron chi connectivity index (χ0n) is 17.5. The number of hydrogen-bond donors (Lipinski definition) is 2. The molecule has 0 heterocycles. The maximum absolute atomic E-state index is 12.8. The van der Waals surface area contributed by atoms with Gasteiger partial charge < -0.3 is 9.84 Å². The molecular formula is C25H17N3O6. The van der Waals surface area contributed by atoms with E-state index in [1.54, 1.807) is 24.3 Å². The minimum absolute atomic E-state index is 0.0686. The molecule has 9 heteroatoms. The number of phenols is 1. The number of esters is 1. The van der Waals surface area contributed by atoms with Crippen LogP contribution in [0.5, 0.6) is 11.5 Å². The van der Waals surface area contributed by atoms with Gasteiger partial charge in [0.15, 0.2) is 0 Å². The predicted molar refractivity (Wildman–Crippen MR) is 125 cm³/mol. The van der Waals surface area contributed by atoms with Gasteiger partial charge in [-0.1, -0.05) is 42.5 Å². The second-order valence-electron chi connectivity index (χ2n) is 7.15. The molecule has 0 aliphatic carbocycles. The number of hydrogen-bond acceptors (Lipinski definition) is 7. The lowest BCUT2D eigenvalue weighted by Gasteiger charge is -2.08. The molecule has 4 aromatic carbocycles. The third-order valence-corrected chi connectivity index (χ3v) is 4.88. The Kier molecular flexibility index (Phi) is 6.26. The maximum Gasteiger partial charge on any atom is 0.344 e. The van der Waals surface area contributed by atoms with Gasteiger partial charge >= 0.3 is 11.7 Å². The van der Waals surface area contributed by atoms with Crippen molar-refractivity contribution in [2.45, 2.75) is 0 Å². The average Bonchev–Trinajstić information content (AvgIpc) is 2.84. The molecule has 0 spiro atoms. The van der Waals surface area contributed by atoms with Gasteiger partial charge in [0.25, 0.3) is 5.91 Å². The van der Waals surface area contributed by atoms with Gasteiger partial charge in [0, 0.05) is 17.2 Å². The van der Waals surface area contributed by atoms with Crippen molar-refractivity contribution in [1.29, 1.82) is 0 Å². The lowest BCUT2D eigenvalue weighted by atomic mass is 10.0. The Morgan fingerprint density at radius 2 is 1.74 bits per heavy atom. The zero-order valence-corrected chi connectivity index (χ0v) is 17.5. The van der Waals surface area contributed by atoms with Crippen LogP contribution in [0.3, 0.4) is 0 Å². The van der Waals surface area contributed by atoms with Crippen LogP contribution < -0.4 is 10.2 Å². The number of rotatable bonds is 6. The van der Waals surface area contributed by atoms with Gasteiger partial charge in [-0.2, -0.15) is 5.10 Å². The van der Waals surface area contributed by atoms with Crippen LogP contribution >= 0.6 is 0 Å². The van der Waals surface area contributed by atoms with Gasteiger partial charge in [-0.15, -0.1) is 0 Å². The average molecular weight is 455 g/mol. The van der Waals surface area contributed by atoms with Crippen molar-refractivity contribution in [3.63, 3.8) is 0 Å². The summed E-state index contributed by atoms with van der Waals surface area (Å²) in [6, 6.07) is 22.0. The fourth-order valence-electron chi connectivity index (χ4n) is 3.28. The summed E-state index contributed by atoms with van der Waals surface area (Å²) < 4.78 is 5.35. The molecule has 0 aromatic heterocycles. The molecule has 0 fully saturated rings. The standard InChI is InChI=1S/C25H17N3O6/c29-19-8-3-7-18(14-19)24(30)27-26-15-16-11-12-23(22(13-16)28(32)33)34-25(31)21-10-4-6-17-5-1-2-9-20(17)21/h1-15,29H,(H,27,30)/b26-15+. The summed E-state index contributed by atoms with van der Waals surface area (Å²) >= 11 is 0. The van der Waals surface area contributed by atoms with Crippen LogP contribution in [0, 0.1) is 10.1 Å². The van der Waals surface area contributed by atoms with Gasteiger partial charge in [-0.05, 0) is 47.2 Å². The Morgan fingerprint density at radius 1 is 0.971 bits per heavy atom. The van der Waals surface area contributed by atoms with Crippen LogP contribution in [0.1, 0.15) is 26.3 Å². The fraction of sp³-hybridized carbons (Fsp3) is 0. The highest BCUT2D eigenvalue weighted by atomic mass is 16.6. The Hall–Kier alpha value is -5.05. The normalized spacial score (nSPS) is 10.8. The molecule has 0 saturated heterocycles. The lowest BCUT2D eigenvalue weighted by molar-refractivity contribution is -0.385. The van der Waals surface area contributed by atoms with Gasteiger partial charge in [0.1, 0.15) is 5.75 Å². The number of hydrazone groups is 1. The molecule has 4 rings (SSSR count). The Balaban J connectivity index is 1.52. The summed E-state index contributed by atoms with van der Waals surface area (Å²) in [5, 5.41) is 26.3. The van der Waals surface area contributed by atoms with Crippen LogP contribution in [0.4, 0.5) is 5.69 Å². The first-order chi connectivity index (χ1) is 16.4. The van der Waals surface area contributed by atoms with Gasteiger partial charge in [0.2, 0.25) is 5.75 Å². The van der Waals surface area contributed by atoms with E-state index in [4.69, 9.17) is 4.74 Å². The quantitative estimate of drug-likeness (QED) is 0.145. The summed E-state index contributed by atoms with van der Waals surface area (Å²) in [5.41, 5.74) is 2.62.